The number of hydrogen-bond acceptors (Lipinski definition) is 5. The second-order valence-corrected chi connectivity index (χ2v) is 26.6. The van der Waals surface area contributed by atoms with Gasteiger partial charge in [-0.2, -0.15) is 0 Å². The highest BCUT2D eigenvalue weighted by Gasteiger charge is 2.51. The zero-order valence-electron chi connectivity index (χ0n) is 34.3. The van der Waals surface area contributed by atoms with Gasteiger partial charge in [0, 0.05) is 30.1 Å². The fourth-order valence-corrected chi connectivity index (χ4v) is 18.8. The van der Waals surface area contributed by atoms with Crippen molar-refractivity contribution in [3.05, 3.63) is 84.4 Å². The molecule has 1 saturated heterocycles. The highest BCUT2D eigenvalue weighted by atomic mass is 28.4. The number of methoxy groups -OCH3 is 2. The van der Waals surface area contributed by atoms with Crippen LogP contribution in [0.3, 0.4) is 0 Å². The molecule has 5 nitrogen and oxygen atoms in total. The van der Waals surface area contributed by atoms with Gasteiger partial charge in [-0.3, -0.25) is 0 Å². The third-order valence-electron chi connectivity index (χ3n) is 11.8. The zero-order chi connectivity index (χ0) is 38.3. The summed E-state index contributed by atoms with van der Waals surface area (Å²) >= 11 is 0. The second-order valence-electron chi connectivity index (χ2n) is 16.7. The summed E-state index contributed by atoms with van der Waals surface area (Å²) < 4.78 is 32.5. The van der Waals surface area contributed by atoms with E-state index >= 15 is 0 Å². The van der Waals surface area contributed by atoms with Gasteiger partial charge in [0.05, 0.1) is 33.0 Å². The maximum absolute atomic E-state index is 7.37. The van der Waals surface area contributed by atoms with Crippen molar-refractivity contribution in [2.24, 2.45) is 11.8 Å². The van der Waals surface area contributed by atoms with Gasteiger partial charge in [0.2, 0.25) is 0 Å². The molecule has 0 amide bonds. The molecule has 1 aliphatic heterocycles. The molecule has 0 saturated carbocycles. The monoisotopic (exact) mass is 742 g/mol. The van der Waals surface area contributed by atoms with E-state index in [2.05, 4.69) is 148 Å². The molecule has 0 radical (unpaired) electrons. The topological polar surface area (TPSA) is 46.2 Å². The molecule has 4 rings (SSSR count). The Morgan fingerprint density at radius 3 is 1.79 bits per heavy atom. The number of rotatable bonds is 14. The van der Waals surface area contributed by atoms with Crippen LogP contribution < -0.4 is 19.8 Å². The normalized spacial score (nSPS) is 21.3. The van der Waals surface area contributed by atoms with E-state index in [1.54, 1.807) is 14.2 Å². The van der Waals surface area contributed by atoms with Gasteiger partial charge < -0.3 is 23.4 Å². The number of benzene rings is 3. The molecule has 1 aliphatic rings. The molecule has 0 bridgehead atoms. The average Bonchev–Trinajstić information content (AvgIpc) is 3.11. The Morgan fingerprint density at radius 1 is 0.750 bits per heavy atom. The zero-order valence-corrected chi connectivity index (χ0v) is 36.3. The quantitative estimate of drug-likeness (QED) is 0.122. The van der Waals surface area contributed by atoms with Gasteiger partial charge in [-0.25, -0.2) is 0 Å². The first kappa shape index (κ1) is 41.9. The van der Waals surface area contributed by atoms with Crippen LogP contribution in [-0.4, -0.2) is 55.5 Å². The summed E-state index contributed by atoms with van der Waals surface area (Å²) in [6.45, 7) is 26.7. The van der Waals surface area contributed by atoms with Crippen molar-refractivity contribution in [2.75, 3.05) is 20.8 Å². The Kier molecular flexibility index (Phi) is 14.5. The van der Waals surface area contributed by atoms with Gasteiger partial charge in [0.25, 0.3) is 8.32 Å². The molecule has 52 heavy (non-hydrogen) atoms. The van der Waals surface area contributed by atoms with Crippen LogP contribution in [0.5, 0.6) is 11.5 Å². The lowest BCUT2D eigenvalue weighted by Gasteiger charge is -2.45. The van der Waals surface area contributed by atoms with E-state index in [0.717, 1.165) is 23.5 Å². The molecular weight excluding hydrogens is 677 g/mol. The number of ether oxygens (including phenoxy) is 4. The minimum atomic E-state index is -2.69. The van der Waals surface area contributed by atoms with E-state index in [4.69, 9.17) is 23.4 Å². The van der Waals surface area contributed by atoms with Crippen molar-refractivity contribution in [3.63, 3.8) is 0 Å². The lowest BCUT2D eigenvalue weighted by Crippen LogP contribution is -2.66. The average molecular weight is 743 g/mol. The molecule has 3 aromatic rings. The lowest BCUT2D eigenvalue weighted by atomic mass is 9.82. The van der Waals surface area contributed by atoms with E-state index in [0.29, 0.717) is 29.8 Å². The smallest absolute Gasteiger partial charge is 0.261 e. The van der Waals surface area contributed by atoms with Crippen molar-refractivity contribution in [3.8, 4) is 23.0 Å². The first-order valence-electron chi connectivity index (χ1n) is 19.4. The maximum Gasteiger partial charge on any atom is 0.261 e. The first-order valence-corrected chi connectivity index (χ1v) is 23.5. The van der Waals surface area contributed by atoms with Crippen LogP contribution in [0.15, 0.2) is 78.9 Å². The fraction of sp³-hybridized carbons (Fsp3) is 0.556. The predicted molar refractivity (Wildman–Crippen MR) is 222 cm³/mol. The van der Waals surface area contributed by atoms with Crippen LogP contribution in [0, 0.1) is 23.3 Å². The van der Waals surface area contributed by atoms with E-state index in [1.807, 2.05) is 18.2 Å². The van der Waals surface area contributed by atoms with Gasteiger partial charge in [-0.05, 0) is 50.6 Å². The summed E-state index contributed by atoms with van der Waals surface area (Å²) in [5.41, 5.74) is 6.61. The van der Waals surface area contributed by atoms with Crippen molar-refractivity contribution >= 4 is 26.8 Å². The molecule has 7 heteroatoms. The Balaban J connectivity index is 1.70. The summed E-state index contributed by atoms with van der Waals surface area (Å²) in [4.78, 5) is 0. The molecule has 3 aromatic carbocycles. The molecule has 0 N–H and O–H groups in total. The van der Waals surface area contributed by atoms with Gasteiger partial charge in [-0.1, -0.05) is 143 Å². The highest BCUT2D eigenvalue weighted by molar-refractivity contribution is 6.99. The van der Waals surface area contributed by atoms with Crippen LogP contribution in [0.1, 0.15) is 88.1 Å². The fourth-order valence-electron chi connectivity index (χ4n) is 8.97. The summed E-state index contributed by atoms with van der Waals surface area (Å²) in [6, 6.07) is 27.7. The summed E-state index contributed by atoms with van der Waals surface area (Å²) in [6.07, 6.45) is 0.374. The minimum absolute atomic E-state index is 0.0639. The maximum atomic E-state index is 7.37. The Bertz CT molecular complexity index is 1540. The van der Waals surface area contributed by atoms with Crippen LogP contribution in [0.25, 0.3) is 0 Å². The van der Waals surface area contributed by atoms with E-state index in [1.165, 1.54) is 10.4 Å². The molecular formula is C45H66O5Si2. The largest absolute Gasteiger partial charge is 0.497 e. The van der Waals surface area contributed by atoms with Crippen molar-refractivity contribution in [2.45, 2.75) is 129 Å². The van der Waals surface area contributed by atoms with Crippen LogP contribution >= 0.6 is 0 Å². The van der Waals surface area contributed by atoms with Crippen molar-refractivity contribution in [1.82, 2.24) is 0 Å². The van der Waals surface area contributed by atoms with Crippen LogP contribution in [-0.2, 0) is 20.5 Å². The summed E-state index contributed by atoms with van der Waals surface area (Å²) in [5.74, 6) is 5.53. The van der Waals surface area contributed by atoms with Gasteiger partial charge in [0.1, 0.15) is 25.7 Å². The number of hydrogen-bond donors (Lipinski definition) is 0. The minimum Gasteiger partial charge on any atom is -0.497 e. The van der Waals surface area contributed by atoms with Gasteiger partial charge in [-0.15, -0.1) is 5.54 Å². The molecule has 1 heterocycles. The predicted octanol–water partition coefficient (Wildman–Crippen LogP) is 9.82. The van der Waals surface area contributed by atoms with E-state index in [-0.39, 0.29) is 35.2 Å². The molecule has 0 unspecified atom stereocenters. The molecule has 0 spiro atoms. The first-order chi connectivity index (χ1) is 24.6. The van der Waals surface area contributed by atoms with Crippen LogP contribution in [0.2, 0.25) is 21.7 Å². The molecule has 284 valence electrons. The summed E-state index contributed by atoms with van der Waals surface area (Å²) in [7, 11) is -1.30. The van der Waals surface area contributed by atoms with Gasteiger partial charge >= 0.3 is 0 Å². The van der Waals surface area contributed by atoms with Crippen molar-refractivity contribution in [1.29, 1.82) is 0 Å². The highest BCUT2D eigenvalue weighted by Crippen LogP contribution is 2.42. The second kappa shape index (κ2) is 18.0. The van der Waals surface area contributed by atoms with E-state index in [9.17, 15) is 0 Å². The molecule has 5 atom stereocenters. The van der Waals surface area contributed by atoms with Crippen LogP contribution in [0.4, 0.5) is 0 Å². The molecule has 0 aromatic heterocycles. The Labute approximate surface area is 318 Å². The Hall–Kier alpha value is -2.87. The lowest BCUT2D eigenvalue weighted by molar-refractivity contribution is -0.170. The molecule has 1 fully saturated rings. The SMILES string of the molecule is COc1ccc(CO[C@@H]2[C@@H](C)[C@H](C#C[Si](C(C)C)(C(C)C)C(C)C)O[C@H](CCO[Si](c3ccccc3)(c3ccccc3)C(C)(C)C)[C@@H]2C)c(OC)c1. The van der Waals surface area contributed by atoms with Gasteiger partial charge in [0.15, 0.2) is 0 Å². The van der Waals surface area contributed by atoms with Crippen molar-refractivity contribution < 1.29 is 23.4 Å². The Morgan fingerprint density at radius 2 is 1.31 bits per heavy atom. The third kappa shape index (κ3) is 8.74. The van der Waals surface area contributed by atoms with E-state index < -0.39 is 16.4 Å². The summed E-state index contributed by atoms with van der Waals surface area (Å²) in [5, 5.41) is 2.48. The molecule has 0 aliphatic carbocycles. The third-order valence-corrected chi connectivity index (χ3v) is 23.1. The standard InChI is InChI=1S/C45H66O5Si2/c1-32(2)51(33(3)4,34(5)6)29-27-42-36(8)44(48-31-37-24-25-38(46-12)30-43(37)47-13)35(7)41(50-42)26-28-49-52(45(9,10)11,39-20-16-14-17-21-39)40-22-18-15-19-23-40/h14-25,30,32-36,41-42,44H,26,28,31H2,1-13H3/t35-,36-,41+,42-,44-/m0/s1.